The van der Waals surface area contributed by atoms with Crippen molar-refractivity contribution in [1.82, 2.24) is 9.97 Å². The molecule has 6 aromatic carbocycles. The van der Waals surface area contributed by atoms with Gasteiger partial charge in [0.15, 0.2) is 5.82 Å². The Morgan fingerprint density at radius 2 is 1.08 bits per heavy atom. The summed E-state index contributed by atoms with van der Waals surface area (Å²) in [5.74, 6) is 1.87. The minimum atomic E-state index is -0.472. The van der Waals surface area contributed by atoms with Crippen LogP contribution >= 0.6 is 0 Å². The molecule has 0 amide bonds. The second-order valence-electron chi connectivity index (χ2n) is 15.2. The van der Waals surface area contributed by atoms with E-state index in [1.807, 2.05) is 18.2 Å². The number of hydrogen-bond donors (Lipinski definition) is 0. The molecule has 0 bridgehead atoms. The Morgan fingerprint density at radius 3 is 1.81 bits per heavy atom. The van der Waals surface area contributed by atoms with Crippen LogP contribution in [-0.4, -0.2) is 16.1 Å². The Labute approximate surface area is 310 Å². The van der Waals surface area contributed by atoms with Crippen LogP contribution in [0.25, 0.3) is 45.0 Å². The SMILES string of the molecule is CC1(C)c2ccccc2C2(c3ccccc3-c3ccc(-c4cc(-c5ccc6c(c5)OC5C=CC=CC65)nc(-c5ccccc5)n4)cc32)c2ccccc21. The van der Waals surface area contributed by atoms with E-state index >= 15 is 0 Å². The average Bonchev–Trinajstić information content (AvgIpc) is 3.73. The molecule has 3 heteroatoms. The van der Waals surface area contributed by atoms with Gasteiger partial charge < -0.3 is 4.74 Å². The Morgan fingerprint density at radius 1 is 0.491 bits per heavy atom. The fourth-order valence-electron chi connectivity index (χ4n) is 9.68. The molecule has 0 N–H and O–H groups in total. The lowest BCUT2D eigenvalue weighted by molar-refractivity contribution is 0.269. The standard InChI is InChI=1S/C50H36N2O/c1-49(2)39-19-9-11-21-41(39)50(42-22-12-10-20-40(42)49)38-18-8-6-16-34(38)35-26-24-32(28-43(35)50)44-30-45(52-48(51-44)31-14-4-3-5-15-31)33-25-27-37-36-17-7-13-23-46(36)53-47(37)29-33/h3-30,36,46H,1-2H3. The Kier molecular flexibility index (Phi) is 6.34. The second kappa shape index (κ2) is 11.1. The molecule has 0 fully saturated rings. The highest BCUT2D eigenvalue weighted by Gasteiger charge is 2.53. The van der Waals surface area contributed by atoms with Gasteiger partial charge in [-0.05, 0) is 68.8 Å². The highest BCUT2D eigenvalue weighted by molar-refractivity contribution is 5.90. The molecule has 0 saturated heterocycles. The maximum atomic E-state index is 6.44. The summed E-state index contributed by atoms with van der Waals surface area (Å²) in [5, 5.41) is 0. The van der Waals surface area contributed by atoms with Crippen molar-refractivity contribution in [2.24, 2.45) is 0 Å². The Hall–Kier alpha value is -6.32. The number of benzene rings is 6. The summed E-state index contributed by atoms with van der Waals surface area (Å²) in [5.41, 5.74) is 16.0. The van der Waals surface area contributed by atoms with Crippen molar-refractivity contribution in [2.75, 3.05) is 0 Å². The van der Waals surface area contributed by atoms with Gasteiger partial charge >= 0.3 is 0 Å². The molecule has 7 aromatic rings. The summed E-state index contributed by atoms with van der Waals surface area (Å²) in [6, 6.07) is 53.2. The molecule has 4 aliphatic rings. The summed E-state index contributed by atoms with van der Waals surface area (Å²) in [7, 11) is 0. The van der Waals surface area contributed by atoms with Crippen molar-refractivity contribution in [2.45, 2.75) is 36.7 Å². The first-order chi connectivity index (χ1) is 26.0. The molecular formula is C50H36N2O. The number of ether oxygens (including phenoxy) is 1. The predicted molar refractivity (Wildman–Crippen MR) is 213 cm³/mol. The van der Waals surface area contributed by atoms with Crippen LogP contribution in [0.5, 0.6) is 5.75 Å². The molecule has 2 unspecified atom stereocenters. The van der Waals surface area contributed by atoms with Gasteiger partial charge in [-0.2, -0.15) is 0 Å². The van der Waals surface area contributed by atoms with Crippen LogP contribution in [0.4, 0.5) is 0 Å². The van der Waals surface area contributed by atoms with Gasteiger partial charge in [-0.15, -0.1) is 0 Å². The van der Waals surface area contributed by atoms with E-state index in [1.54, 1.807) is 0 Å². The number of nitrogens with zero attached hydrogens (tertiary/aromatic N) is 2. The summed E-state index contributed by atoms with van der Waals surface area (Å²) in [6.45, 7) is 4.74. The summed E-state index contributed by atoms with van der Waals surface area (Å²) in [6.07, 6.45) is 8.59. The Bertz CT molecular complexity index is 2650. The van der Waals surface area contributed by atoms with E-state index in [0.717, 1.165) is 33.8 Å². The lowest BCUT2D eigenvalue weighted by atomic mass is 9.55. The summed E-state index contributed by atoms with van der Waals surface area (Å²) < 4.78 is 6.44. The van der Waals surface area contributed by atoms with Crippen LogP contribution in [0.3, 0.4) is 0 Å². The highest BCUT2D eigenvalue weighted by atomic mass is 16.5. The van der Waals surface area contributed by atoms with Gasteiger partial charge in [-0.1, -0.05) is 159 Å². The first kappa shape index (κ1) is 30.3. The van der Waals surface area contributed by atoms with Gasteiger partial charge in [0.05, 0.1) is 16.8 Å². The third kappa shape index (κ3) is 4.22. The maximum absolute atomic E-state index is 6.44. The van der Waals surface area contributed by atoms with E-state index in [1.165, 1.54) is 50.1 Å². The van der Waals surface area contributed by atoms with Gasteiger partial charge in [0.2, 0.25) is 0 Å². The van der Waals surface area contributed by atoms with E-state index in [4.69, 9.17) is 14.7 Å². The smallest absolute Gasteiger partial charge is 0.160 e. The van der Waals surface area contributed by atoms with Crippen LogP contribution in [0.2, 0.25) is 0 Å². The van der Waals surface area contributed by atoms with Crippen molar-refractivity contribution in [3.05, 3.63) is 209 Å². The summed E-state index contributed by atoms with van der Waals surface area (Å²) >= 11 is 0. The largest absolute Gasteiger partial charge is 0.485 e. The number of allylic oxidation sites excluding steroid dienone is 2. The van der Waals surface area contributed by atoms with Gasteiger partial charge in [0, 0.05) is 33.6 Å². The molecule has 2 heterocycles. The molecule has 3 nitrogen and oxygen atoms in total. The molecule has 53 heavy (non-hydrogen) atoms. The van der Waals surface area contributed by atoms with E-state index in [-0.39, 0.29) is 17.4 Å². The fourth-order valence-corrected chi connectivity index (χ4v) is 9.68. The molecule has 2 atom stereocenters. The zero-order valence-electron chi connectivity index (χ0n) is 29.6. The van der Waals surface area contributed by atoms with Gasteiger partial charge in [-0.3, -0.25) is 0 Å². The zero-order chi connectivity index (χ0) is 35.3. The number of aromatic nitrogens is 2. The lowest BCUT2D eigenvalue weighted by Crippen LogP contribution is -2.40. The molecule has 1 aromatic heterocycles. The van der Waals surface area contributed by atoms with Crippen LogP contribution in [0.15, 0.2) is 170 Å². The molecule has 3 aliphatic carbocycles. The van der Waals surface area contributed by atoms with E-state index < -0.39 is 5.41 Å². The number of fused-ring (bicyclic) bond motifs is 12. The maximum Gasteiger partial charge on any atom is 0.160 e. The van der Waals surface area contributed by atoms with Crippen molar-refractivity contribution in [3.63, 3.8) is 0 Å². The molecule has 0 saturated carbocycles. The first-order valence-corrected chi connectivity index (χ1v) is 18.6. The average molecular weight is 681 g/mol. The lowest BCUT2D eigenvalue weighted by Gasteiger charge is -2.46. The molecule has 11 rings (SSSR count). The van der Waals surface area contributed by atoms with E-state index in [2.05, 4.69) is 166 Å². The van der Waals surface area contributed by atoms with Crippen LogP contribution < -0.4 is 4.74 Å². The van der Waals surface area contributed by atoms with Gasteiger partial charge in [0.25, 0.3) is 0 Å². The topological polar surface area (TPSA) is 35.0 Å². The highest BCUT2D eigenvalue weighted by Crippen LogP contribution is 2.62. The fraction of sp³-hybridized carbons (Fsp3) is 0.120. The first-order valence-electron chi connectivity index (χ1n) is 18.6. The van der Waals surface area contributed by atoms with Crippen LogP contribution in [-0.2, 0) is 10.8 Å². The summed E-state index contributed by atoms with van der Waals surface area (Å²) in [4.78, 5) is 10.5. The number of hydrogen-bond acceptors (Lipinski definition) is 3. The quantitative estimate of drug-likeness (QED) is 0.186. The van der Waals surface area contributed by atoms with Crippen molar-refractivity contribution < 1.29 is 4.74 Å². The third-order valence-electron chi connectivity index (χ3n) is 12.1. The molecule has 0 radical (unpaired) electrons. The van der Waals surface area contributed by atoms with Gasteiger partial charge in [-0.25, -0.2) is 9.97 Å². The molecule has 1 aliphatic heterocycles. The zero-order valence-corrected chi connectivity index (χ0v) is 29.6. The molecular weight excluding hydrogens is 645 g/mol. The monoisotopic (exact) mass is 680 g/mol. The van der Waals surface area contributed by atoms with E-state index in [9.17, 15) is 0 Å². The predicted octanol–water partition coefficient (Wildman–Crippen LogP) is 11.5. The van der Waals surface area contributed by atoms with E-state index in [0.29, 0.717) is 5.82 Å². The van der Waals surface area contributed by atoms with Crippen molar-refractivity contribution in [1.29, 1.82) is 0 Å². The second-order valence-corrected chi connectivity index (χ2v) is 15.2. The van der Waals surface area contributed by atoms with Crippen LogP contribution in [0, 0.1) is 0 Å². The number of rotatable bonds is 3. The normalized spacial score (nSPS) is 18.7. The molecule has 252 valence electrons. The third-order valence-corrected chi connectivity index (χ3v) is 12.1. The Balaban J connectivity index is 1.14. The van der Waals surface area contributed by atoms with Crippen molar-refractivity contribution in [3.8, 4) is 50.8 Å². The van der Waals surface area contributed by atoms with Crippen molar-refractivity contribution >= 4 is 0 Å². The minimum Gasteiger partial charge on any atom is -0.485 e. The minimum absolute atomic E-state index is 0.0366. The molecule has 1 spiro atoms. The van der Waals surface area contributed by atoms with Crippen LogP contribution in [0.1, 0.15) is 58.7 Å². The van der Waals surface area contributed by atoms with Gasteiger partial charge in [0.1, 0.15) is 11.9 Å².